The molecule has 0 spiro atoms. The molecule has 0 rings (SSSR count). The van der Waals surface area contributed by atoms with Crippen molar-refractivity contribution < 1.29 is 0 Å². The van der Waals surface area contributed by atoms with Crippen molar-refractivity contribution in [2.75, 3.05) is 0 Å². The number of hydrogen-bond donors (Lipinski definition) is 2. The number of aliphatic imine (C=N–C) groups is 1. The summed E-state index contributed by atoms with van der Waals surface area (Å²) in [5, 5.41) is 0. The molecule has 0 aliphatic carbocycles. The molecular formula is C7H17N3. The Kier molecular flexibility index (Phi) is 4.03. The smallest absolute Gasteiger partial charge is 0.101 e. The number of nitrogens with zero attached hydrogens (tertiary/aromatic N) is 1. The molecule has 0 aromatic rings. The van der Waals surface area contributed by atoms with E-state index >= 15 is 0 Å². The third kappa shape index (κ3) is 3.45. The largest absolute Gasteiger partial charge is 0.387 e. The summed E-state index contributed by atoms with van der Waals surface area (Å²) in [7, 11) is 0. The van der Waals surface area contributed by atoms with E-state index in [1.165, 1.54) is 0 Å². The molecule has 60 valence electrons. The molecule has 0 fully saturated rings. The fraction of sp³-hybridized carbons (Fsp3) is 0.857. The third-order valence-corrected chi connectivity index (χ3v) is 1.36. The van der Waals surface area contributed by atoms with Gasteiger partial charge < -0.3 is 11.5 Å². The number of hydrogen-bond acceptors (Lipinski definition) is 2. The Bertz CT molecular complexity index is 118. The van der Waals surface area contributed by atoms with Crippen LogP contribution in [0.2, 0.25) is 0 Å². The average Bonchev–Trinajstić information content (AvgIpc) is 1.87. The highest BCUT2D eigenvalue weighted by molar-refractivity contribution is 5.80. The molecule has 3 nitrogen and oxygen atoms in total. The Hall–Kier alpha value is -0.570. The highest BCUT2D eigenvalue weighted by atomic mass is 15.0. The fourth-order valence-corrected chi connectivity index (χ4v) is 0.432. The maximum atomic E-state index is 5.63. The van der Waals surface area contributed by atoms with Crippen LogP contribution in [0.3, 0.4) is 0 Å². The summed E-state index contributed by atoms with van der Waals surface area (Å²) in [6, 6.07) is 0. The van der Waals surface area contributed by atoms with Gasteiger partial charge in [0.1, 0.15) is 6.17 Å². The lowest BCUT2D eigenvalue weighted by molar-refractivity contribution is 0.510. The Morgan fingerprint density at radius 1 is 1.50 bits per heavy atom. The predicted octanol–water partition coefficient (Wildman–Crippen LogP) is 0.694. The van der Waals surface area contributed by atoms with Crippen molar-refractivity contribution >= 4 is 5.84 Å². The molecule has 0 aromatic heterocycles. The second-order valence-corrected chi connectivity index (χ2v) is 2.71. The topological polar surface area (TPSA) is 64.4 Å². The maximum absolute atomic E-state index is 5.63. The van der Waals surface area contributed by atoms with Crippen LogP contribution in [-0.2, 0) is 0 Å². The highest BCUT2D eigenvalue weighted by Gasteiger charge is 2.04. The highest BCUT2D eigenvalue weighted by Crippen LogP contribution is 1.99. The first kappa shape index (κ1) is 9.43. The third-order valence-electron chi connectivity index (χ3n) is 1.36. The van der Waals surface area contributed by atoms with Gasteiger partial charge in [-0.05, 0) is 5.92 Å². The quantitative estimate of drug-likeness (QED) is 0.451. The normalized spacial score (nSPS) is 15.9. The molecule has 1 atom stereocenters. The van der Waals surface area contributed by atoms with Gasteiger partial charge in [-0.2, -0.15) is 0 Å². The van der Waals surface area contributed by atoms with E-state index in [0.29, 0.717) is 11.8 Å². The summed E-state index contributed by atoms with van der Waals surface area (Å²) in [5.74, 6) is 1.01. The minimum absolute atomic E-state index is 0.139. The predicted molar refractivity (Wildman–Crippen MR) is 44.7 cm³/mol. The molecule has 0 amide bonds. The van der Waals surface area contributed by atoms with Gasteiger partial charge in [0.15, 0.2) is 0 Å². The summed E-state index contributed by atoms with van der Waals surface area (Å²) >= 11 is 0. The van der Waals surface area contributed by atoms with Gasteiger partial charge in [0.25, 0.3) is 0 Å². The molecule has 0 heterocycles. The van der Waals surface area contributed by atoms with E-state index in [-0.39, 0.29) is 6.17 Å². The standard InChI is InChI=1S/C7H17N3/c1-4-6(8)10-7(9)5(2)3/h5,7H,4,9H2,1-3H3,(H2,8,10). The number of rotatable bonds is 3. The number of amidine groups is 1. The molecule has 3 heteroatoms. The van der Waals surface area contributed by atoms with E-state index in [1.54, 1.807) is 0 Å². The van der Waals surface area contributed by atoms with Crippen molar-refractivity contribution in [3.63, 3.8) is 0 Å². The summed E-state index contributed by atoms with van der Waals surface area (Å²) in [4.78, 5) is 4.07. The lowest BCUT2D eigenvalue weighted by Gasteiger charge is -2.10. The Balaban J connectivity index is 3.86. The number of nitrogens with two attached hydrogens (primary N) is 2. The zero-order valence-electron chi connectivity index (χ0n) is 6.96. The second kappa shape index (κ2) is 4.28. The minimum atomic E-state index is -0.139. The molecule has 10 heavy (non-hydrogen) atoms. The van der Waals surface area contributed by atoms with Gasteiger partial charge in [-0.15, -0.1) is 0 Å². The van der Waals surface area contributed by atoms with Gasteiger partial charge in [0.05, 0.1) is 5.84 Å². The van der Waals surface area contributed by atoms with Crippen molar-refractivity contribution in [1.82, 2.24) is 0 Å². The maximum Gasteiger partial charge on any atom is 0.101 e. The van der Waals surface area contributed by atoms with Gasteiger partial charge in [0.2, 0.25) is 0 Å². The van der Waals surface area contributed by atoms with Crippen LogP contribution in [0.4, 0.5) is 0 Å². The van der Waals surface area contributed by atoms with E-state index in [2.05, 4.69) is 4.99 Å². The summed E-state index contributed by atoms with van der Waals surface area (Å²) < 4.78 is 0. The Labute approximate surface area is 62.5 Å². The SMILES string of the molecule is CC/C(N)=N/C(N)C(C)C. The molecule has 0 aliphatic heterocycles. The van der Waals surface area contributed by atoms with Crippen LogP contribution in [0.5, 0.6) is 0 Å². The summed E-state index contributed by atoms with van der Waals surface area (Å²) in [5.41, 5.74) is 11.1. The molecule has 0 aromatic carbocycles. The first-order valence-electron chi connectivity index (χ1n) is 3.65. The fourth-order valence-electron chi connectivity index (χ4n) is 0.432. The molecule has 0 radical (unpaired) electrons. The molecule has 1 unspecified atom stereocenters. The van der Waals surface area contributed by atoms with Gasteiger partial charge in [-0.25, -0.2) is 0 Å². The van der Waals surface area contributed by atoms with E-state index in [4.69, 9.17) is 11.5 Å². The molecule has 4 N–H and O–H groups in total. The second-order valence-electron chi connectivity index (χ2n) is 2.71. The minimum Gasteiger partial charge on any atom is -0.387 e. The van der Waals surface area contributed by atoms with E-state index in [0.717, 1.165) is 6.42 Å². The van der Waals surface area contributed by atoms with Crippen molar-refractivity contribution in [3.05, 3.63) is 0 Å². The van der Waals surface area contributed by atoms with Crippen LogP contribution in [0, 0.1) is 5.92 Å². The van der Waals surface area contributed by atoms with Crippen LogP contribution in [0.1, 0.15) is 27.2 Å². The van der Waals surface area contributed by atoms with Crippen molar-refractivity contribution in [3.8, 4) is 0 Å². The molecule has 0 saturated carbocycles. The van der Waals surface area contributed by atoms with E-state index in [9.17, 15) is 0 Å². The molecular weight excluding hydrogens is 126 g/mol. The lowest BCUT2D eigenvalue weighted by Crippen LogP contribution is -2.27. The van der Waals surface area contributed by atoms with Gasteiger partial charge >= 0.3 is 0 Å². The zero-order valence-corrected chi connectivity index (χ0v) is 6.96. The Morgan fingerprint density at radius 3 is 2.30 bits per heavy atom. The monoisotopic (exact) mass is 143 g/mol. The van der Waals surface area contributed by atoms with Gasteiger partial charge in [-0.3, -0.25) is 4.99 Å². The van der Waals surface area contributed by atoms with Crippen molar-refractivity contribution in [1.29, 1.82) is 0 Å². The average molecular weight is 143 g/mol. The van der Waals surface area contributed by atoms with Crippen LogP contribution in [0.15, 0.2) is 4.99 Å². The summed E-state index contributed by atoms with van der Waals surface area (Å²) in [6.45, 7) is 6.01. The summed E-state index contributed by atoms with van der Waals surface area (Å²) in [6.07, 6.45) is 0.639. The van der Waals surface area contributed by atoms with Crippen LogP contribution in [-0.4, -0.2) is 12.0 Å². The van der Waals surface area contributed by atoms with Crippen molar-refractivity contribution in [2.45, 2.75) is 33.4 Å². The van der Waals surface area contributed by atoms with E-state index in [1.807, 2.05) is 20.8 Å². The van der Waals surface area contributed by atoms with Gasteiger partial charge in [-0.1, -0.05) is 20.8 Å². The van der Waals surface area contributed by atoms with Gasteiger partial charge in [0, 0.05) is 6.42 Å². The molecule has 0 saturated heterocycles. The van der Waals surface area contributed by atoms with Crippen LogP contribution < -0.4 is 11.5 Å². The zero-order chi connectivity index (χ0) is 8.15. The first-order valence-corrected chi connectivity index (χ1v) is 3.65. The van der Waals surface area contributed by atoms with Crippen molar-refractivity contribution in [2.24, 2.45) is 22.4 Å². The first-order chi connectivity index (χ1) is 4.57. The molecule has 0 aliphatic rings. The van der Waals surface area contributed by atoms with E-state index < -0.39 is 0 Å². The van der Waals surface area contributed by atoms with Crippen LogP contribution in [0.25, 0.3) is 0 Å². The lowest BCUT2D eigenvalue weighted by atomic mass is 10.2. The Morgan fingerprint density at radius 2 is 2.00 bits per heavy atom. The van der Waals surface area contributed by atoms with Crippen LogP contribution >= 0.6 is 0 Å². The molecule has 0 bridgehead atoms.